The van der Waals surface area contributed by atoms with Gasteiger partial charge in [-0.2, -0.15) is 13.2 Å². The van der Waals surface area contributed by atoms with Crippen LogP contribution in [-0.4, -0.2) is 70.9 Å². The van der Waals surface area contributed by atoms with Gasteiger partial charge in [-0.15, -0.1) is 0 Å². The van der Waals surface area contributed by atoms with Crippen molar-refractivity contribution in [1.82, 2.24) is 19.9 Å². The molecule has 0 spiro atoms. The van der Waals surface area contributed by atoms with Crippen molar-refractivity contribution in [1.29, 1.82) is 0 Å². The molecule has 214 valence electrons. The van der Waals surface area contributed by atoms with E-state index < -0.39 is 35.0 Å². The molecule has 0 bridgehead atoms. The average Bonchev–Trinajstić information content (AvgIpc) is 3.75. The van der Waals surface area contributed by atoms with Crippen molar-refractivity contribution in [2.45, 2.75) is 31.2 Å². The number of rotatable bonds is 8. The Bertz CT molecular complexity index is 1450. The number of fused-ring (bicyclic) bond motifs is 1. The van der Waals surface area contributed by atoms with Crippen molar-refractivity contribution in [3.63, 3.8) is 0 Å². The molecule has 2 fully saturated rings. The molecule has 2 N–H and O–H groups in total. The third-order valence-electron chi connectivity index (χ3n) is 6.98. The lowest BCUT2D eigenvalue weighted by Gasteiger charge is -2.35. The van der Waals surface area contributed by atoms with Gasteiger partial charge in [0.25, 0.3) is 5.91 Å². The molecule has 1 aliphatic heterocycles. The summed E-state index contributed by atoms with van der Waals surface area (Å²) >= 11 is 5.94. The molecule has 3 aromatic rings. The molecule has 2 aromatic carbocycles. The third kappa shape index (κ3) is 6.41. The Kier molecular flexibility index (Phi) is 8.05. The number of piperazine rings is 1. The maximum absolute atomic E-state index is 14.1. The van der Waals surface area contributed by atoms with Crippen LogP contribution in [0.1, 0.15) is 34.8 Å². The number of benzene rings is 2. The summed E-state index contributed by atoms with van der Waals surface area (Å²) in [6.45, 7) is 2.03. The van der Waals surface area contributed by atoms with E-state index in [1.807, 2.05) is 9.47 Å². The highest BCUT2D eigenvalue weighted by atomic mass is 35.5. The Morgan fingerprint density at radius 3 is 2.42 bits per heavy atom. The van der Waals surface area contributed by atoms with E-state index in [1.165, 1.54) is 24.4 Å². The number of pyridine rings is 1. The second-order valence-electron chi connectivity index (χ2n) is 10.0. The van der Waals surface area contributed by atoms with Crippen LogP contribution in [0.5, 0.6) is 5.75 Å². The fourth-order valence-electron chi connectivity index (χ4n) is 4.69. The Hall–Kier alpha value is -3.19. The van der Waals surface area contributed by atoms with Gasteiger partial charge in [0.1, 0.15) is 29.8 Å². The number of hydrogen-bond donors (Lipinski definition) is 2. The maximum atomic E-state index is 14.1. The second kappa shape index (κ2) is 11.4. The van der Waals surface area contributed by atoms with Crippen LogP contribution in [0.2, 0.25) is 5.02 Å². The van der Waals surface area contributed by atoms with E-state index in [0.29, 0.717) is 31.7 Å². The van der Waals surface area contributed by atoms with Gasteiger partial charge in [-0.3, -0.25) is 19.9 Å². The molecule has 2 aliphatic rings. The van der Waals surface area contributed by atoms with Crippen molar-refractivity contribution >= 4 is 28.4 Å². The third-order valence-corrected chi connectivity index (χ3v) is 7.27. The van der Waals surface area contributed by atoms with Gasteiger partial charge in [-0.1, -0.05) is 11.6 Å². The summed E-state index contributed by atoms with van der Waals surface area (Å²) in [7, 11) is 0. The summed E-state index contributed by atoms with van der Waals surface area (Å²) < 4.78 is 59.4. The number of halogens is 5. The van der Waals surface area contributed by atoms with Crippen molar-refractivity contribution in [2.24, 2.45) is 0 Å². The Balaban J connectivity index is 1.14. The molecule has 8 nitrogen and oxygen atoms in total. The van der Waals surface area contributed by atoms with Crippen LogP contribution in [0.25, 0.3) is 10.9 Å². The lowest BCUT2D eigenvalue weighted by Crippen LogP contribution is -2.55. The first-order valence-electron chi connectivity index (χ1n) is 12.8. The number of β-amino-alcohol motifs (C(OH)–C–C–N with tert-alkyl or cyclic N) is 1. The fraction of sp³-hybridized carbons (Fsp3) is 0.407. The van der Waals surface area contributed by atoms with Crippen LogP contribution in [0.3, 0.4) is 0 Å². The SMILES string of the molecule is O=C(NN1CCN(C[C@H](O)COc2ccc(C(F)(F)F)cc2)CC1)c1cn(C2CC2)c2cc(Cl)c(F)cc2c1=O. The van der Waals surface area contributed by atoms with Gasteiger partial charge >= 0.3 is 6.18 Å². The van der Waals surface area contributed by atoms with Crippen LogP contribution in [0, 0.1) is 5.82 Å². The summed E-state index contributed by atoms with van der Waals surface area (Å²) in [4.78, 5) is 28.1. The molecule has 13 heteroatoms. The number of hydrogen-bond acceptors (Lipinski definition) is 6. The fourth-order valence-corrected chi connectivity index (χ4v) is 4.85. The minimum Gasteiger partial charge on any atom is -0.491 e. The topological polar surface area (TPSA) is 87.0 Å². The van der Waals surface area contributed by atoms with Crippen molar-refractivity contribution in [3.05, 3.63) is 74.8 Å². The molecule has 1 saturated carbocycles. The number of nitrogens with zero attached hydrogens (tertiary/aromatic N) is 3. The molecule has 1 saturated heterocycles. The molecule has 1 amide bonds. The monoisotopic (exact) mass is 582 g/mol. The largest absolute Gasteiger partial charge is 0.491 e. The van der Waals surface area contributed by atoms with Crippen LogP contribution in [0.4, 0.5) is 17.6 Å². The summed E-state index contributed by atoms with van der Waals surface area (Å²) in [5.74, 6) is -1.09. The van der Waals surface area contributed by atoms with Crippen LogP contribution >= 0.6 is 11.6 Å². The highest BCUT2D eigenvalue weighted by Gasteiger charge is 2.30. The lowest BCUT2D eigenvalue weighted by molar-refractivity contribution is -0.137. The van der Waals surface area contributed by atoms with Crippen LogP contribution < -0.4 is 15.6 Å². The van der Waals surface area contributed by atoms with Crippen LogP contribution in [0.15, 0.2) is 47.4 Å². The first-order valence-corrected chi connectivity index (χ1v) is 13.2. The number of nitrogens with one attached hydrogen (secondary N) is 1. The smallest absolute Gasteiger partial charge is 0.416 e. The summed E-state index contributed by atoms with van der Waals surface area (Å²) in [5.41, 5.74) is 1.81. The minimum absolute atomic E-state index is 0.0839. The maximum Gasteiger partial charge on any atom is 0.416 e. The number of alkyl halides is 3. The summed E-state index contributed by atoms with van der Waals surface area (Å²) in [5, 5.41) is 12.0. The number of amides is 1. The van der Waals surface area contributed by atoms with Gasteiger partial charge in [0, 0.05) is 50.3 Å². The zero-order valence-corrected chi connectivity index (χ0v) is 22.0. The molecule has 1 aromatic heterocycles. The van der Waals surface area contributed by atoms with Gasteiger partial charge in [0.05, 0.1) is 16.1 Å². The first kappa shape index (κ1) is 28.3. The summed E-state index contributed by atoms with van der Waals surface area (Å²) in [6.07, 6.45) is -2.03. The Morgan fingerprint density at radius 1 is 1.12 bits per heavy atom. The van der Waals surface area contributed by atoms with Crippen molar-refractivity contribution < 1.29 is 32.2 Å². The Morgan fingerprint density at radius 2 is 1.80 bits per heavy atom. The highest BCUT2D eigenvalue weighted by molar-refractivity contribution is 6.31. The summed E-state index contributed by atoms with van der Waals surface area (Å²) in [6, 6.07) is 6.85. The zero-order valence-electron chi connectivity index (χ0n) is 21.3. The van der Waals surface area contributed by atoms with E-state index >= 15 is 0 Å². The number of hydrazine groups is 1. The van der Waals surface area contributed by atoms with E-state index in [1.54, 1.807) is 5.01 Å². The second-order valence-corrected chi connectivity index (χ2v) is 10.4. The van der Waals surface area contributed by atoms with Gasteiger partial charge in [0.2, 0.25) is 5.43 Å². The molecule has 2 heterocycles. The molecule has 1 aliphatic carbocycles. The highest BCUT2D eigenvalue weighted by Crippen LogP contribution is 2.37. The minimum atomic E-state index is -4.43. The molecule has 5 rings (SSSR count). The van der Waals surface area contributed by atoms with E-state index in [-0.39, 0.29) is 40.9 Å². The number of aliphatic hydroxyl groups excluding tert-OH is 1. The number of carbonyl (C=O) groups is 1. The molecule has 0 radical (unpaired) electrons. The lowest BCUT2D eigenvalue weighted by atomic mass is 10.1. The van der Waals surface area contributed by atoms with Gasteiger partial charge < -0.3 is 14.4 Å². The molecule has 1 atom stereocenters. The standard InChI is InChI=1S/C27H27ClF4N4O4/c28-22-12-24-20(11-23(22)29)25(38)21(14-36(24)17-3-4-17)26(39)33-35-9-7-34(8-10-35)13-18(37)15-40-19-5-1-16(2-6-19)27(30,31)32/h1-2,5-6,11-12,14,17-18,37H,3-4,7-10,13,15H2,(H,33,39)/t18-/m0/s1. The molecule has 40 heavy (non-hydrogen) atoms. The quantitative estimate of drug-likeness (QED) is 0.393. The Labute approximate surface area is 231 Å². The number of carbonyl (C=O) groups excluding carboxylic acids is 1. The van der Waals surface area contributed by atoms with Crippen molar-refractivity contribution in [2.75, 3.05) is 39.3 Å². The molecular formula is C27H27ClF4N4O4. The number of aromatic nitrogens is 1. The predicted octanol–water partition coefficient (Wildman–Crippen LogP) is 3.85. The van der Waals surface area contributed by atoms with Gasteiger partial charge in [0.15, 0.2) is 0 Å². The van der Waals surface area contributed by atoms with E-state index in [0.717, 1.165) is 31.0 Å². The normalized spacial score (nSPS) is 17.6. The van der Waals surface area contributed by atoms with Crippen LogP contribution in [-0.2, 0) is 6.18 Å². The molecular weight excluding hydrogens is 556 g/mol. The van der Waals surface area contributed by atoms with E-state index in [9.17, 15) is 32.3 Å². The van der Waals surface area contributed by atoms with E-state index in [4.69, 9.17) is 16.3 Å². The predicted molar refractivity (Wildman–Crippen MR) is 140 cm³/mol. The number of aliphatic hydroxyl groups is 1. The molecule has 0 unspecified atom stereocenters. The van der Waals surface area contributed by atoms with Gasteiger partial charge in [-0.05, 0) is 49.2 Å². The first-order chi connectivity index (χ1) is 19.0. The van der Waals surface area contributed by atoms with Gasteiger partial charge in [-0.25, -0.2) is 9.40 Å². The zero-order chi connectivity index (χ0) is 28.6. The average molecular weight is 583 g/mol. The number of ether oxygens (including phenoxy) is 1. The van der Waals surface area contributed by atoms with E-state index in [2.05, 4.69) is 5.43 Å². The van der Waals surface area contributed by atoms with Crippen molar-refractivity contribution in [3.8, 4) is 5.75 Å².